The van der Waals surface area contributed by atoms with Gasteiger partial charge in [-0.15, -0.1) is 11.3 Å². The van der Waals surface area contributed by atoms with Crippen LogP contribution in [0.1, 0.15) is 15.2 Å². The van der Waals surface area contributed by atoms with Crippen LogP contribution in [-0.4, -0.2) is 23.2 Å². The summed E-state index contributed by atoms with van der Waals surface area (Å²) in [5, 5.41) is 8.93. The lowest BCUT2D eigenvalue weighted by Crippen LogP contribution is -2.05. The first kappa shape index (κ1) is 12.6. The first-order valence-electron chi connectivity index (χ1n) is 4.62. The molecule has 0 aliphatic heterocycles. The predicted molar refractivity (Wildman–Crippen MR) is 57.6 cm³/mol. The zero-order valence-electron chi connectivity index (χ0n) is 8.91. The SMILES string of the molecule is COC(=O)c1cc2c(C(F)(F)F)cc(O)nc2s1. The summed E-state index contributed by atoms with van der Waals surface area (Å²) in [6.45, 7) is 0. The molecule has 2 aromatic rings. The van der Waals surface area contributed by atoms with E-state index in [0.29, 0.717) is 6.07 Å². The van der Waals surface area contributed by atoms with E-state index in [2.05, 4.69) is 9.72 Å². The summed E-state index contributed by atoms with van der Waals surface area (Å²) in [5.74, 6) is -1.49. The van der Waals surface area contributed by atoms with Crippen molar-refractivity contribution in [3.05, 3.63) is 22.6 Å². The smallest absolute Gasteiger partial charge is 0.417 e. The van der Waals surface area contributed by atoms with E-state index in [-0.39, 0.29) is 15.1 Å². The normalized spacial score (nSPS) is 11.8. The highest BCUT2D eigenvalue weighted by Crippen LogP contribution is 2.39. The Kier molecular flexibility index (Phi) is 2.89. The van der Waals surface area contributed by atoms with E-state index in [1.54, 1.807) is 0 Å². The molecule has 96 valence electrons. The molecular weight excluding hydrogens is 271 g/mol. The minimum Gasteiger partial charge on any atom is -0.493 e. The average Bonchev–Trinajstić information content (AvgIpc) is 2.68. The van der Waals surface area contributed by atoms with Gasteiger partial charge in [0, 0.05) is 11.5 Å². The highest BCUT2D eigenvalue weighted by Gasteiger charge is 2.34. The molecule has 1 N–H and O–H groups in total. The number of ether oxygens (including phenoxy) is 1. The lowest BCUT2D eigenvalue weighted by Gasteiger charge is -2.07. The molecule has 18 heavy (non-hydrogen) atoms. The quantitative estimate of drug-likeness (QED) is 0.814. The fraction of sp³-hybridized carbons (Fsp3) is 0.200. The molecule has 0 spiro atoms. The number of aromatic nitrogens is 1. The molecule has 0 saturated heterocycles. The van der Waals surface area contributed by atoms with Gasteiger partial charge in [0.15, 0.2) is 0 Å². The Bertz CT molecular complexity index is 621. The molecular formula is C10H6F3NO3S. The number of carbonyl (C=O) groups excluding carboxylic acids is 1. The molecule has 0 fully saturated rings. The fourth-order valence-electron chi connectivity index (χ4n) is 1.44. The second-order valence-electron chi connectivity index (χ2n) is 3.35. The summed E-state index contributed by atoms with van der Waals surface area (Å²) in [6, 6.07) is 1.58. The molecule has 8 heteroatoms. The number of thiophene rings is 1. The molecule has 0 amide bonds. The van der Waals surface area contributed by atoms with E-state index in [1.807, 2.05) is 0 Å². The third-order valence-corrected chi connectivity index (χ3v) is 3.19. The molecule has 0 atom stereocenters. The summed E-state index contributed by atoms with van der Waals surface area (Å²) >= 11 is 0.729. The highest BCUT2D eigenvalue weighted by atomic mass is 32.1. The Morgan fingerprint density at radius 2 is 2.11 bits per heavy atom. The van der Waals surface area contributed by atoms with Gasteiger partial charge in [-0.3, -0.25) is 0 Å². The largest absolute Gasteiger partial charge is 0.493 e. The number of rotatable bonds is 1. The monoisotopic (exact) mass is 277 g/mol. The number of methoxy groups -OCH3 is 1. The second kappa shape index (κ2) is 4.13. The van der Waals surface area contributed by atoms with E-state index in [0.717, 1.165) is 24.5 Å². The number of hydrogen-bond donors (Lipinski definition) is 1. The van der Waals surface area contributed by atoms with Crippen molar-refractivity contribution < 1.29 is 27.8 Å². The standard InChI is InChI=1S/C10H6F3NO3S/c1-17-9(16)6-2-4-5(10(11,12)13)3-7(15)14-8(4)18-6/h2-3H,1H3,(H,14,15). The topological polar surface area (TPSA) is 59.4 Å². The van der Waals surface area contributed by atoms with Crippen molar-refractivity contribution in [3.63, 3.8) is 0 Å². The van der Waals surface area contributed by atoms with Crippen LogP contribution >= 0.6 is 11.3 Å². The van der Waals surface area contributed by atoms with Gasteiger partial charge in [-0.1, -0.05) is 0 Å². The number of aromatic hydroxyl groups is 1. The molecule has 0 unspecified atom stereocenters. The van der Waals surface area contributed by atoms with Crippen LogP contribution in [-0.2, 0) is 10.9 Å². The van der Waals surface area contributed by atoms with E-state index in [1.165, 1.54) is 0 Å². The van der Waals surface area contributed by atoms with E-state index >= 15 is 0 Å². The van der Waals surface area contributed by atoms with Crippen molar-refractivity contribution in [3.8, 4) is 5.88 Å². The van der Waals surface area contributed by atoms with E-state index < -0.39 is 23.6 Å². The number of hydrogen-bond acceptors (Lipinski definition) is 5. The Morgan fingerprint density at radius 1 is 1.44 bits per heavy atom. The van der Waals surface area contributed by atoms with Crippen molar-refractivity contribution in [2.24, 2.45) is 0 Å². The summed E-state index contributed by atoms with van der Waals surface area (Å²) in [4.78, 5) is 14.7. The number of pyridine rings is 1. The number of carbonyl (C=O) groups is 1. The minimum atomic E-state index is -4.63. The van der Waals surface area contributed by atoms with Crippen LogP contribution in [0.4, 0.5) is 13.2 Å². The predicted octanol–water partition coefficient (Wildman–Crippen LogP) is 2.81. The molecule has 2 rings (SSSR count). The Balaban J connectivity index is 2.72. The van der Waals surface area contributed by atoms with Gasteiger partial charge in [0.1, 0.15) is 9.71 Å². The molecule has 0 radical (unpaired) electrons. The van der Waals surface area contributed by atoms with Crippen molar-refractivity contribution in [1.29, 1.82) is 0 Å². The summed E-state index contributed by atoms with van der Waals surface area (Å²) in [7, 11) is 1.13. The Labute approximate surface area is 103 Å². The molecule has 2 heterocycles. The molecule has 0 bridgehead atoms. The first-order valence-corrected chi connectivity index (χ1v) is 5.43. The van der Waals surface area contributed by atoms with Crippen LogP contribution in [0.25, 0.3) is 10.2 Å². The van der Waals surface area contributed by atoms with E-state index in [9.17, 15) is 18.0 Å². The Hall–Kier alpha value is -1.83. The van der Waals surface area contributed by atoms with Gasteiger partial charge in [-0.2, -0.15) is 13.2 Å². The summed E-state index contributed by atoms with van der Waals surface area (Å²) < 4.78 is 42.6. The second-order valence-corrected chi connectivity index (χ2v) is 4.38. The summed E-state index contributed by atoms with van der Waals surface area (Å²) in [5.41, 5.74) is -1.03. The average molecular weight is 277 g/mol. The van der Waals surface area contributed by atoms with Crippen LogP contribution in [0.5, 0.6) is 5.88 Å². The van der Waals surface area contributed by atoms with E-state index in [4.69, 9.17) is 5.11 Å². The maximum absolute atomic E-state index is 12.7. The Morgan fingerprint density at radius 3 is 2.67 bits per heavy atom. The zero-order chi connectivity index (χ0) is 13.5. The lowest BCUT2D eigenvalue weighted by molar-refractivity contribution is -0.136. The molecule has 0 aliphatic carbocycles. The molecule has 0 aromatic carbocycles. The van der Waals surface area contributed by atoms with Gasteiger partial charge in [0.25, 0.3) is 0 Å². The minimum absolute atomic E-state index is 0.00361. The number of nitrogens with zero attached hydrogens (tertiary/aromatic N) is 1. The van der Waals surface area contributed by atoms with Gasteiger partial charge >= 0.3 is 12.1 Å². The summed E-state index contributed by atoms with van der Waals surface area (Å²) in [6.07, 6.45) is -4.63. The van der Waals surface area contributed by atoms with Crippen LogP contribution in [0.3, 0.4) is 0 Å². The number of halogens is 3. The highest BCUT2D eigenvalue weighted by molar-refractivity contribution is 7.20. The fourth-order valence-corrected chi connectivity index (χ4v) is 2.41. The maximum Gasteiger partial charge on any atom is 0.417 e. The van der Waals surface area contributed by atoms with Crippen LogP contribution < -0.4 is 0 Å². The van der Waals surface area contributed by atoms with Gasteiger partial charge in [-0.25, -0.2) is 9.78 Å². The van der Waals surface area contributed by atoms with Crippen molar-refractivity contribution in [1.82, 2.24) is 4.98 Å². The van der Waals surface area contributed by atoms with Crippen molar-refractivity contribution >= 4 is 27.5 Å². The molecule has 4 nitrogen and oxygen atoms in total. The van der Waals surface area contributed by atoms with Crippen molar-refractivity contribution in [2.45, 2.75) is 6.18 Å². The first-order chi connectivity index (χ1) is 8.32. The molecule has 2 aromatic heterocycles. The molecule has 0 saturated carbocycles. The van der Waals surface area contributed by atoms with Crippen LogP contribution in [0.2, 0.25) is 0 Å². The maximum atomic E-state index is 12.7. The van der Waals surface area contributed by atoms with Gasteiger partial charge in [0.05, 0.1) is 12.7 Å². The third kappa shape index (κ3) is 2.10. The van der Waals surface area contributed by atoms with Gasteiger partial charge in [-0.05, 0) is 6.07 Å². The number of fused-ring (bicyclic) bond motifs is 1. The van der Waals surface area contributed by atoms with Crippen LogP contribution in [0, 0.1) is 0 Å². The molecule has 0 aliphatic rings. The van der Waals surface area contributed by atoms with Gasteiger partial charge in [0.2, 0.25) is 5.88 Å². The van der Waals surface area contributed by atoms with Gasteiger partial charge < -0.3 is 9.84 Å². The van der Waals surface area contributed by atoms with Crippen LogP contribution in [0.15, 0.2) is 12.1 Å². The third-order valence-electron chi connectivity index (χ3n) is 2.18. The zero-order valence-corrected chi connectivity index (χ0v) is 9.72. The number of esters is 1. The number of alkyl halides is 3. The lowest BCUT2D eigenvalue weighted by atomic mass is 10.1. The van der Waals surface area contributed by atoms with Crippen molar-refractivity contribution in [2.75, 3.05) is 7.11 Å².